The van der Waals surface area contributed by atoms with Crippen molar-refractivity contribution >= 4 is 23.4 Å². The fourth-order valence-corrected chi connectivity index (χ4v) is 4.48. The van der Waals surface area contributed by atoms with Gasteiger partial charge in [0.25, 0.3) is 0 Å². The van der Waals surface area contributed by atoms with Crippen molar-refractivity contribution in [2.75, 3.05) is 5.75 Å². The van der Waals surface area contributed by atoms with E-state index in [-0.39, 0.29) is 6.04 Å². The van der Waals surface area contributed by atoms with E-state index in [0.29, 0.717) is 10.7 Å². The Kier molecular flexibility index (Phi) is 4.28. The van der Waals surface area contributed by atoms with Crippen molar-refractivity contribution in [3.63, 3.8) is 0 Å². The molecule has 1 aliphatic rings. The van der Waals surface area contributed by atoms with Crippen molar-refractivity contribution in [2.45, 2.75) is 24.3 Å². The molecule has 0 N–H and O–H groups in total. The molecule has 0 saturated heterocycles. The van der Waals surface area contributed by atoms with Gasteiger partial charge in [0, 0.05) is 16.3 Å². The van der Waals surface area contributed by atoms with E-state index < -0.39 is 11.7 Å². The molecule has 0 amide bonds. The van der Waals surface area contributed by atoms with E-state index in [1.54, 1.807) is 30.0 Å². The Balaban J connectivity index is 1.93. The van der Waals surface area contributed by atoms with Gasteiger partial charge in [0.1, 0.15) is 17.9 Å². The van der Waals surface area contributed by atoms with Crippen molar-refractivity contribution in [3.8, 4) is 16.9 Å². The van der Waals surface area contributed by atoms with E-state index in [9.17, 15) is 13.2 Å². The molecular formula is C19H15ClF3N2S+. The number of fused-ring (bicyclic) bond motifs is 1. The van der Waals surface area contributed by atoms with Gasteiger partial charge in [0.15, 0.2) is 5.69 Å². The Hall–Kier alpha value is -1.92. The summed E-state index contributed by atoms with van der Waals surface area (Å²) in [5.41, 5.74) is 1.59. The first kappa shape index (κ1) is 17.5. The average Bonchev–Trinajstić information content (AvgIpc) is 3.15. The fraction of sp³-hybridized carbons (Fsp3) is 0.211. The van der Waals surface area contributed by atoms with E-state index in [1.807, 2.05) is 22.9 Å². The number of benzene rings is 2. The van der Waals surface area contributed by atoms with Crippen LogP contribution in [-0.2, 0) is 6.18 Å². The quantitative estimate of drug-likeness (QED) is 0.500. The number of thioether (sulfide) groups is 1. The number of hydrogen-bond acceptors (Lipinski definition) is 1. The van der Waals surface area contributed by atoms with Crippen LogP contribution >= 0.6 is 23.4 Å². The van der Waals surface area contributed by atoms with Gasteiger partial charge in [0.2, 0.25) is 0 Å². The van der Waals surface area contributed by atoms with Gasteiger partial charge in [-0.15, -0.1) is 0 Å². The molecule has 0 fully saturated rings. The lowest BCUT2D eigenvalue weighted by Gasteiger charge is -2.09. The van der Waals surface area contributed by atoms with Crippen molar-refractivity contribution in [1.82, 2.24) is 4.57 Å². The van der Waals surface area contributed by atoms with Gasteiger partial charge in [-0.05, 0) is 61.2 Å². The number of hydrogen-bond donors (Lipinski definition) is 0. The van der Waals surface area contributed by atoms with Gasteiger partial charge < -0.3 is 0 Å². The molecule has 0 spiro atoms. The van der Waals surface area contributed by atoms with Crippen LogP contribution in [0.2, 0.25) is 5.02 Å². The van der Waals surface area contributed by atoms with Crippen molar-refractivity contribution in [1.29, 1.82) is 0 Å². The van der Waals surface area contributed by atoms with Crippen LogP contribution in [-0.4, -0.2) is 10.3 Å². The normalized spacial score (nSPS) is 16.7. The van der Waals surface area contributed by atoms with E-state index in [2.05, 4.69) is 11.5 Å². The number of rotatable bonds is 2. The molecule has 7 heteroatoms. The van der Waals surface area contributed by atoms with Crippen molar-refractivity contribution in [3.05, 3.63) is 65.3 Å². The van der Waals surface area contributed by atoms with Crippen molar-refractivity contribution in [2.24, 2.45) is 0 Å². The third-order valence-corrected chi connectivity index (χ3v) is 5.97. The molecule has 2 nitrogen and oxygen atoms in total. The molecule has 4 rings (SSSR count). The minimum atomic E-state index is -4.37. The second kappa shape index (κ2) is 6.35. The molecular weight excluding hydrogens is 381 g/mol. The van der Waals surface area contributed by atoms with Gasteiger partial charge in [0.05, 0.1) is 5.56 Å². The first-order valence-corrected chi connectivity index (χ1v) is 9.44. The highest BCUT2D eigenvalue weighted by Gasteiger charge is 2.36. The summed E-state index contributed by atoms with van der Waals surface area (Å²) < 4.78 is 43.6. The second-order valence-corrected chi connectivity index (χ2v) is 7.68. The Morgan fingerprint density at radius 2 is 1.88 bits per heavy atom. The number of halogens is 4. The number of aromatic nitrogens is 2. The summed E-state index contributed by atoms with van der Waals surface area (Å²) in [4.78, 5) is 0. The zero-order chi connectivity index (χ0) is 18.5. The fourth-order valence-electron chi connectivity index (χ4n) is 3.09. The third kappa shape index (κ3) is 3.01. The Morgan fingerprint density at radius 1 is 1.15 bits per heavy atom. The molecule has 0 unspecified atom stereocenters. The van der Waals surface area contributed by atoms with Crippen LogP contribution in [0.4, 0.5) is 13.2 Å². The molecule has 0 aliphatic carbocycles. The molecule has 0 radical (unpaired) electrons. The summed E-state index contributed by atoms with van der Waals surface area (Å²) in [5.74, 6) is 0.898. The van der Waals surface area contributed by atoms with Crippen molar-refractivity contribution < 1.29 is 17.7 Å². The summed E-state index contributed by atoms with van der Waals surface area (Å²) >= 11 is 7.63. The molecule has 26 heavy (non-hydrogen) atoms. The molecule has 1 atom stereocenters. The SMILES string of the molecule is C[C@H]1CSc2n(-c3cccc(C(F)(F)F)c3)c(-c3ccc(Cl)cc3)c[n+]21. The summed E-state index contributed by atoms with van der Waals surface area (Å²) in [6.45, 7) is 2.10. The third-order valence-electron chi connectivity index (χ3n) is 4.41. The molecule has 0 bridgehead atoms. The maximum absolute atomic E-state index is 13.2. The van der Waals surface area contributed by atoms with Crippen LogP contribution in [0.15, 0.2) is 59.9 Å². The van der Waals surface area contributed by atoms with Crippen LogP contribution in [0, 0.1) is 0 Å². The summed E-state index contributed by atoms with van der Waals surface area (Å²) in [5, 5.41) is 1.55. The van der Waals surface area contributed by atoms with E-state index in [0.717, 1.165) is 28.2 Å². The Morgan fingerprint density at radius 3 is 2.58 bits per heavy atom. The smallest absolute Gasteiger partial charge is 0.220 e. The molecule has 0 saturated carbocycles. The lowest BCUT2D eigenvalue weighted by atomic mass is 10.1. The molecule has 1 aliphatic heterocycles. The number of imidazole rings is 1. The standard InChI is InChI=1S/C19H15ClF3N2S/c1-12-11-26-18-24(12)10-17(13-5-7-15(20)8-6-13)25(18)16-4-2-3-14(9-16)19(21,22)23/h2-10,12H,11H2,1H3/q+1/t12-/m0/s1. The van der Waals surface area contributed by atoms with Crippen LogP contribution < -0.4 is 4.57 Å². The Labute approximate surface area is 158 Å². The van der Waals surface area contributed by atoms with E-state index in [4.69, 9.17) is 11.6 Å². The number of nitrogens with zero attached hydrogens (tertiary/aromatic N) is 2. The van der Waals surface area contributed by atoms with Crippen LogP contribution in [0.1, 0.15) is 18.5 Å². The van der Waals surface area contributed by atoms with Gasteiger partial charge >= 0.3 is 11.3 Å². The maximum Gasteiger partial charge on any atom is 0.416 e. The zero-order valence-corrected chi connectivity index (χ0v) is 15.4. The van der Waals surface area contributed by atoms with E-state index in [1.165, 1.54) is 12.1 Å². The van der Waals surface area contributed by atoms with Crippen LogP contribution in [0.25, 0.3) is 16.9 Å². The van der Waals surface area contributed by atoms with Gasteiger partial charge in [-0.2, -0.15) is 17.7 Å². The van der Waals surface area contributed by atoms with Crippen LogP contribution in [0.3, 0.4) is 0 Å². The average molecular weight is 396 g/mol. The minimum Gasteiger partial charge on any atom is -0.220 e. The van der Waals surface area contributed by atoms with E-state index >= 15 is 0 Å². The topological polar surface area (TPSA) is 8.81 Å². The van der Waals surface area contributed by atoms with Crippen LogP contribution in [0.5, 0.6) is 0 Å². The highest BCUT2D eigenvalue weighted by Crippen LogP contribution is 2.36. The molecule has 2 aromatic carbocycles. The summed E-state index contributed by atoms with van der Waals surface area (Å²) in [6.07, 6.45) is -2.37. The predicted molar refractivity (Wildman–Crippen MR) is 96.8 cm³/mol. The zero-order valence-electron chi connectivity index (χ0n) is 13.8. The summed E-state index contributed by atoms with van der Waals surface area (Å²) in [7, 11) is 0. The minimum absolute atomic E-state index is 0.285. The molecule has 1 aromatic heterocycles. The molecule has 134 valence electrons. The lowest BCUT2D eigenvalue weighted by molar-refractivity contribution is -0.744. The van der Waals surface area contributed by atoms with Gasteiger partial charge in [-0.1, -0.05) is 17.7 Å². The lowest BCUT2D eigenvalue weighted by Crippen LogP contribution is -2.34. The first-order chi connectivity index (χ1) is 12.3. The number of alkyl halides is 3. The summed E-state index contributed by atoms with van der Waals surface area (Å²) in [6, 6.07) is 13.1. The maximum atomic E-state index is 13.2. The molecule has 3 aromatic rings. The molecule has 2 heterocycles. The highest BCUT2D eigenvalue weighted by atomic mass is 35.5. The van der Waals surface area contributed by atoms with Gasteiger partial charge in [-0.25, -0.2) is 4.57 Å². The first-order valence-electron chi connectivity index (χ1n) is 8.08. The Bertz CT molecular complexity index is 964. The second-order valence-electron chi connectivity index (χ2n) is 6.25. The predicted octanol–water partition coefficient (Wildman–Crippen LogP) is 5.77. The van der Waals surface area contributed by atoms with Gasteiger partial charge in [-0.3, -0.25) is 0 Å². The highest BCUT2D eigenvalue weighted by molar-refractivity contribution is 7.99. The monoisotopic (exact) mass is 395 g/mol. The largest absolute Gasteiger partial charge is 0.416 e.